The Morgan fingerprint density at radius 2 is 1.83 bits per heavy atom. The Kier molecular flexibility index (Phi) is 5.41. The molecule has 0 heterocycles. The van der Waals surface area contributed by atoms with Gasteiger partial charge in [0.2, 0.25) is 0 Å². The Morgan fingerprint density at radius 1 is 1.22 bits per heavy atom. The average molecular weight is 257 g/mol. The number of rotatable bonds is 5. The van der Waals surface area contributed by atoms with Crippen molar-refractivity contribution in [2.45, 2.75) is 32.5 Å². The molecule has 1 rings (SSSR count). The van der Waals surface area contributed by atoms with Gasteiger partial charge in [-0.3, -0.25) is 0 Å². The van der Waals surface area contributed by atoms with Crippen molar-refractivity contribution in [2.24, 2.45) is 0 Å². The fraction of sp³-hybridized carbons (Fsp3) is 0.429. The van der Waals surface area contributed by atoms with Crippen LogP contribution in [0.15, 0.2) is 36.4 Å². The maximum Gasteiger partial charge on any atom is 0.416 e. The van der Waals surface area contributed by atoms with Crippen LogP contribution in [0.4, 0.5) is 13.2 Å². The second-order valence-corrected chi connectivity index (χ2v) is 4.15. The Labute approximate surface area is 106 Å². The van der Waals surface area contributed by atoms with Gasteiger partial charge in [-0.1, -0.05) is 24.3 Å². The van der Waals surface area contributed by atoms with Crippen molar-refractivity contribution in [3.05, 3.63) is 47.5 Å². The van der Waals surface area contributed by atoms with Crippen molar-refractivity contribution in [1.82, 2.24) is 5.32 Å². The minimum Gasteiger partial charge on any atom is -0.310 e. The van der Waals surface area contributed by atoms with Crippen molar-refractivity contribution in [1.29, 1.82) is 0 Å². The van der Waals surface area contributed by atoms with Crippen molar-refractivity contribution in [2.75, 3.05) is 6.54 Å². The molecule has 0 spiro atoms. The number of allylic oxidation sites excluding steroid dienone is 1. The van der Waals surface area contributed by atoms with Gasteiger partial charge in [-0.2, -0.15) is 13.2 Å². The summed E-state index contributed by atoms with van der Waals surface area (Å²) in [5.41, 5.74) is 0.260. The molecule has 0 saturated heterocycles. The largest absolute Gasteiger partial charge is 0.416 e. The summed E-state index contributed by atoms with van der Waals surface area (Å²) in [7, 11) is 0. The minimum atomic E-state index is -4.26. The van der Waals surface area contributed by atoms with Gasteiger partial charge in [0.25, 0.3) is 0 Å². The maximum absolute atomic E-state index is 12.4. The van der Waals surface area contributed by atoms with Gasteiger partial charge in [0.05, 0.1) is 5.56 Å². The number of hydrogen-bond donors (Lipinski definition) is 1. The Morgan fingerprint density at radius 3 is 2.33 bits per heavy atom. The van der Waals surface area contributed by atoms with Gasteiger partial charge in [-0.15, -0.1) is 0 Å². The molecule has 0 aliphatic carbocycles. The lowest BCUT2D eigenvalue weighted by atomic mass is 10.1. The topological polar surface area (TPSA) is 12.0 Å². The highest BCUT2D eigenvalue weighted by atomic mass is 19.4. The predicted octanol–water partition coefficient (Wildman–Crippen LogP) is 4.32. The summed E-state index contributed by atoms with van der Waals surface area (Å²) in [5.74, 6) is 0. The lowest BCUT2D eigenvalue weighted by Crippen LogP contribution is -2.19. The molecule has 0 aromatic heterocycles. The van der Waals surface area contributed by atoms with Crippen molar-refractivity contribution in [3.8, 4) is 0 Å². The number of alkyl halides is 3. The van der Waals surface area contributed by atoms with E-state index in [0.717, 1.165) is 30.7 Å². The van der Waals surface area contributed by atoms with E-state index in [1.807, 2.05) is 26.0 Å². The third kappa shape index (κ3) is 4.53. The van der Waals surface area contributed by atoms with Gasteiger partial charge in [0, 0.05) is 6.04 Å². The quantitative estimate of drug-likeness (QED) is 0.611. The molecule has 0 aliphatic heterocycles. The van der Waals surface area contributed by atoms with Crippen LogP contribution in [0.1, 0.15) is 37.4 Å². The highest BCUT2D eigenvalue weighted by molar-refractivity contribution is 5.26. The lowest BCUT2D eigenvalue weighted by Gasteiger charge is -2.14. The molecule has 1 N–H and O–H groups in total. The van der Waals surface area contributed by atoms with Gasteiger partial charge < -0.3 is 5.32 Å². The zero-order chi connectivity index (χ0) is 13.6. The van der Waals surface area contributed by atoms with E-state index >= 15 is 0 Å². The molecule has 0 bridgehead atoms. The summed E-state index contributed by atoms with van der Waals surface area (Å²) in [6.07, 6.45) is 0.680. The molecule has 1 nitrogen and oxygen atoms in total. The molecule has 1 unspecified atom stereocenters. The molecule has 1 aromatic carbocycles. The van der Waals surface area contributed by atoms with Gasteiger partial charge in [0.1, 0.15) is 0 Å². The van der Waals surface area contributed by atoms with Crippen LogP contribution in [-0.4, -0.2) is 6.54 Å². The van der Waals surface area contributed by atoms with E-state index in [2.05, 4.69) is 5.32 Å². The van der Waals surface area contributed by atoms with E-state index in [0.29, 0.717) is 0 Å². The third-order valence-corrected chi connectivity index (χ3v) is 2.74. The average Bonchev–Trinajstić information content (AvgIpc) is 2.33. The zero-order valence-corrected chi connectivity index (χ0v) is 10.6. The highest BCUT2D eigenvalue weighted by Gasteiger charge is 2.30. The van der Waals surface area contributed by atoms with Crippen LogP contribution in [0.2, 0.25) is 0 Å². The van der Waals surface area contributed by atoms with Gasteiger partial charge in [-0.05, 0) is 44.5 Å². The van der Waals surface area contributed by atoms with E-state index in [1.54, 1.807) is 0 Å². The standard InChI is InChI=1S/C14H18F3N/c1-3-4-5-10-18-11(2)12-6-8-13(9-7-12)14(15,16)17/h3-4,6-9,11,18H,5,10H2,1-2H3/b4-3+. The van der Waals surface area contributed by atoms with Gasteiger partial charge >= 0.3 is 6.18 Å². The minimum absolute atomic E-state index is 0.0533. The number of halogens is 3. The molecule has 1 atom stereocenters. The zero-order valence-electron chi connectivity index (χ0n) is 10.6. The van der Waals surface area contributed by atoms with E-state index in [9.17, 15) is 13.2 Å². The molecular weight excluding hydrogens is 239 g/mol. The SMILES string of the molecule is C/C=C/CCNC(C)c1ccc(C(F)(F)F)cc1. The number of nitrogens with one attached hydrogen (secondary N) is 1. The first-order chi connectivity index (χ1) is 8.45. The summed E-state index contributed by atoms with van der Waals surface area (Å²) in [5, 5.41) is 3.26. The molecule has 0 aliphatic rings. The monoisotopic (exact) mass is 257 g/mol. The molecule has 0 fully saturated rings. The summed E-state index contributed by atoms with van der Waals surface area (Å²) in [6, 6.07) is 5.35. The van der Waals surface area contributed by atoms with Crippen LogP contribution in [-0.2, 0) is 6.18 Å². The molecule has 0 radical (unpaired) electrons. The summed E-state index contributed by atoms with van der Waals surface area (Å²) in [6.45, 7) is 4.71. The van der Waals surface area contributed by atoms with E-state index in [4.69, 9.17) is 0 Å². The van der Waals surface area contributed by atoms with Crippen LogP contribution in [0, 0.1) is 0 Å². The second kappa shape index (κ2) is 6.59. The second-order valence-electron chi connectivity index (χ2n) is 4.15. The summed E-state index contributed by atoms with van der Waals surface area (Å²) < 4.78 is 37.2. The van der Waals surface area contributed by atoms with Crippen LogP contribution in [0.5, 0.6) is 0 Å². The first-order valence-corrected chi connectivity index (χ1v) is 5.97. The van der Waals surface area contributed by atoms with Crippen LogP contribution in [0.3, 0.4) is 0 Å². The predicted molar refractivity (Wildman–Crippen MR) is 67.3 cm³/mol. The molecule has 4 heteroatoms. The first kappa shape index (κ1) is 14.8. The third-order valence-electron chi connectivity index (χ3n) is 2.74. The maximum atomic E-state index is 12.4. The Hall–Kier alpha value is -1.29. The first-order valence-electron chi connectivity index (χ1n) is 5.97. The van der Waals surface area contributed by atoms with E-state index in [1.165, 1.54) is 12.1 Å². The molecule has 18 heavy (non-hydrogen) atoms. The summed E-state index contributed by atoms with van der Waals surface area (Å²) in [4.78, 5) is 0. The molecule has 0 amide bonds. The molecule has 0 saturated carbocycles. The van der Waals surface area contributed by atoms with Crippen LogP contribution < -0.4 is 5.32 Å². The van der Waals surface area contributed by atoms with Crippen molar-refractivity contribution < 1.29 is 13.2 Å². The number of benzene rings is 1. The lowest BCUT2D eigenvalue weighted by molar-refractivity contribution is -0.137. The van der Waals surface area contributed by atoms with E-state index < -0.39 is 11.7 Å². The Balaban J connectivity index is 2.56. The van der Waals surface area contributed by atoms with Crippen molar-refractivity contribution in [3.63, 3.8) is 0 Å². The summed E-state index contributed by atoms with van der Waals surface area (Å²) >= 11 is 0. The molecule has 1 aromatic rings. The Bertz CT molecular complexity index is 379. The molecule has 100 valence electrons. The van der Waals surface area contributed by atoms with Gasteiger partial charge in [-0.25, -0.2) is 0 Å². The van der Waals surface area contributed by atoms with Crippen molar-refractivity contribution >= 4 is 0 Å². The van der Waals surface area contributed by atoms with E-state index in [-0.39, 0.29) is 6.04 Å². The molecular formula is C14H18F3N. The normalized spacial score (nSPS) is 14.1. The van der Waals surface area contributed by atoms with Crippen LogP contribution in [0.25, 0.3) is 0 Å². The fourth-order valence-corrected chi connectivity index (χ4v) is 1.63. The fourth-order valence-electron chi connectivity index (χ4n) is 1.63. The highest BCUT2D eigenvalue weighted by Crippen LogP contribution is 2.29. The van der Waals surface area contributed by atoms with Crippen LogP contribution >= 0.6 is 0 Å². The smallest absolute Gasteiger partial charge is 0.310 e. The number of hydrogen-bond acceptors (Lipinski definition) is 1. The van der Waals surface area contributed by atoms with Gasteiger partial charge in [0.15, 0.2) is 0 Å².